The summed E-state index contributed by atoms with van der Waals surface area (Å²) in [5.74, 6) is 0.178. The van der Waals surface area contributed by atoms with Crippen LogP contribution < -0.4 is 5.32 Å². The molecule has 24 heavy (non-hydrogen) atoms. The number of rotatable bonds is 6. The number of benzene rings is 1. The highest BCUT2D eigenvalue weighted by Gasteiger charge is 2.19. The van der Waals surface area contributed by atoms with E-state index < -0.39 is 0 Å². The number of hydrogen-bond donors (Lipinski definition) is 1. The van der Waals surface area contributed by atoms with E-state index in [1.807, 2.05) is 29.2 Å². The molecular weight excluding hydrogens is 320 g/mol. The molecule has 0 aliphatic carbocycles. The number of aryl methyl sites for hydroxylation is 1. The van der Waals surface area contributed by atoms with Gasteiger partial charge < -0.3 is 10.2 Å². The SMILES string of the molecule is Cc1ccc(-c2ccc(C(=O)NCCCN3CCCC3=O)cc2)s1. The fraction of sp³-hybridized carbons (Fsp3) is 0.368. The first-order chi connectivity index (χ1) is 11.6. The highest BCUT2D eigenvalue weighted by atomic mass is 32.1. The predicted molar refractivity (Wildman–Crippen MR) is 97.3 cm³/mol. The van der Waals surface area contributed by atoms with Gasteiger partial charge in [-0.25, -0.2) is 0 Å². The Morgan fingerprint density at radius 1 is 1.21 bits per heavy atom. The molecule has 5 heteroatoms. The summed E-state index contributed by atoms with van der Waals surface area (Å²) in [5, 5.41) is 2.93. The molecule has 0 bridgehead atoms. The van der Waals surface area contributed by atoms with Crippen LogP contribution in [-0.4, -0.2) is 36.3 Å². The average molecular weight is 342 g/mol. The fourth-order valence-corrected chi connectivity index (χ4v) is 3.76. The molecule has 0 atom stereocenters. The van der Waals surface area contributed by atoms with Crippen LogP contribution >= 0.6 is 11.3 Å². The molecule has 0 spiro atoms. The molecule has 1 aromatic carbocycles. The van der Waals surface area contributed by atoms with E-state index in [9.17, 15) is 9.59 Å². The monoisotopic (exact) mass is 342 g/mol. The van der Waals surface area contributed by atoms with Crippen molar-refractivity contribution in [2.24, 2.45) is 0 Å². The van der Waals surface area contributed by atoms with Crippen LogP contribution in [0.1, 0.15) is 34.5 Å². The molecule has 0 saturated carbocycles. The third-order valence-corrected chi connectivity index (χ3v) is 5.28. The third kappa shape index (κ3) is 4.03. The third-order valence-electron chi connectivity index (χ3n) is 4.23. The molecule has 0 radical (unpaired) electrons. The van der Waals surface area contributed by atoms with Gasteiger partial charge in [0.15, 0.2) is 0 Å². The maximum absolute atomic E-state index is 12.2. The van der Waals surface area contributed by atoms with Gasteiger partial charge >= 0.3 is 0 Å². The standard InChI is InChI=1S/C19H22N2O2S/c1-14-5-10-17(24-14)15-6-8-16(9-7-15)19(23)20-11-3-13-21-12-2-4-18(21)22/h5-10H,2-4,11-13H2,1H3,(H,20,23). The van der Waals surface area contributed by atoms with Gasteiger partial charge in [-0.2, -0.15) is 0 Å². The quantitative estimate of drug-likeness (QED) is 0.817. The molecule has 2 heterocycles. The summed E-state index contributed by atoms with van der Waals surface area (Å²) >= 11 is 1.75. The van der Waals surface area contributed by atoms with Crippen molar-refractivity contribution in [3.63, 3.8) is 0 Å². The zero-order chi connectivity index (χ0) is 16.9. The van der Waals surface area contributed by atoms with Crippen molar-refractivity contribution in [2.45, 2.75) is 26.2 Å². The molecule has 4 nitrogen and oxygen atoms in total. The van der Waals surface area contributed by atoms with Crippen molar-refractivity contribution in [2.75, 3.05) is 19.6 Å². The summed E-state index contributed by atoms with van der Waals surface area (Å²) in [5.41, 5.74) is 1.81. The van der Waals surface area contributed by atoms with Crippen molar-refractivity contribution < 1.29 is 9.59 Å². The van der Waals surface area contributed by atoms with Crippen molar-refractivity contribution in [3.05, 3.63) is 46.8 Å². The molecule has 0 unspecified atom stereocenters. The van der Waals surface area contributed by atoms with Gasteiger partial charge in [-0.3, -0.25) is 9.59 Å². The fourth-order valence-electron chi connectivity index (χ4n) is 2.89. The summed E-state index contributed by atoms with van der Waals surface area (Å²) in [4.78, 5) is 28.1. The molecule has 1 fully saturated rings. The predicted octanol–water partition coefficient (Wildman–Crippen LogP) is 3.47. The van der Waals surface area contributed by atoms with Crippen LogP contribution in [0.5, 0.6) is 0 Å². The van der Waals surface area contributed by atoms with Gasteiger partial charge in [0.05, 0.1) is 0 Å². The summed E-state index contributed by atoms with van der Waals surface area (Å²) in [6.45, 7) is 4.27. The first-order valence-electron chi connectivity index (χ1n) is 8.36. The van der Waals surface area contributed by atoms with Gasteiger partial charge in [-0.1, -0.05) is 12.1 Å². The van der Waals surface area contributed by atoms with E-state index >= 15 is 0 Å². The number of nitrogens with zero attached hydrogens (tertiary/aromatic N) is 1. The number of amides is 2. The van der Waals surface area contributed by atoms with Gasteiger partial charge in [-0.05, 0) is 49.6 Å². The Labute approximate surface area is 146 Å². The lowest BCUT2D eigenvalue weighted by atomic mass is 10.1. The van der Waals surface area contributed by atoms with Gasteiger partial charge in [0.2, 0.25) is 5.91 Å². The van der Waals surface area contributed by atoms with Gasteiger partial charge in [-0.15, -0.1) is 11.3 Å². The first-order valence-corrected chi connectivity index (χ1v) is 9.18. The molecule has 2 aromatic rings. The smallest absolute Gasteiger partial charge is 0.251 e. The number of carbonyl (C=O) groups is 2. The minimum absolute atomic E-state index is 0.0586. The van der Waals surface area contributed by atoms with Gasteiger partial charge in [0.1, 0.15) is 0 Å². The molecule has 1 N–H and O–H groups in total. The Balaban J connectivity index is 1.47. The molecule has 126 valence electrons. The Morgan fingerprint density at radius 2 is 2.00 bits per heavy atom. The van der Waals surface area contributed by atoms with E-state index in [2.05, 4.69) is 24.4 Å². The van der Waals surface area contributed by atoms with Crippen LogP contribution in [0, 0.1) is 6.92 Å². The molecule has 1 saturated heterocycles. The highest BCUT2D eigenvalue weighted by molar-refractivity contribution is 7.15. The minimum Gasteiger partial charge on any atom is -0.352 e. The van der Waals surface area contributed by atoms with Crippen LogP contribution in [0.4, 0.5) is 0 Å². The van der Waals surface area contributed by atoms with E-state index in [1.54, 1.807) is 11.3 Å². The van der Waals surface area contributed by atoms with Crippen LogP contribution in [0.25, 0.3) is 10.4 Å². The normalized spacial score (nSPS) is 14.2. The maximum atomic E-state index is 12.2. The second kappa shape index (κ2) is 7.62. The molecule has 1 aromatic heterocycles. The number of nitrogens with one attached hydrogen (secondary N) is 1. The molecule has 3 rings (SSSR count). The van der Waals surface area contributed by atoms with Gasteiger partial charge in [0.25, 0.3) is 5.91 Å². The topological polar surface area (TPSA) is 49.4 Å². The zero-order valence-electron chi connectivity index (χ0n) is 13.9. The van der Waals surface area contributed by atoms with E-state index in [1.165, 1.54) is 9.75 Å². The second-order valence-corrected chi connectivity index (χ2v) is 7.37. The molecule has 1 aliphatic heterocycles. The Morgan fingerprint density at radius 3 is 2.62 bits per heavy atom. The number of hydrogen-bond acceptors (Lipinski definition) is 3. The van der Waals surface area contributed by atoms with Crippen molar-refractivity contribution in [1.82, 2.24) is 10.2 Å². The van der Waals surface area contributed by atoms with Crippen molar-refractivity contribution in [1.29, 1.82) is 0 Å². The number of thiophene rings is 1. The van der Waals surface area contributed by atoms with E-state index in [-0.39, 0.29) is 11.8 Å². The lowest BCUT2D eigenvalue weighted by molar-refractivity contribution is -0.127. The Hall–Kier alpha value is -2.14. The van der Waals surface area contributed by atoms with Crippen LogP contribution in [0.3, 0.4) is 0 Å². The molecule has 1 aliphatic rings. The number of carbonyl (C=O) groups excluding carboxylic acids is 2. The second-order valence-electron chi connectivity index (χ2n) is 6.08. The van der Waals surface area contributed by atoms with Crippen LogP contribution in [-0.2, 0) is 4.79 Å². The maximum Gasteiger partial charge on any atom is 0.251 e. The van der Waals surface area contributed by atoms with Crippen molar-refractivity contribution in [3.8, 4) is 10.4 Å². The van der Waals surface area contributed by atoms with E-state index in [0.717, 1.165) is 31.5 Å². The lowest BCUT2D eigenvalue weighted by Gasteiger charge is -2.15. The van der Waals surface area contributed by atoms with E-state index in [0.29, 0.717) is 18.5 Å². The summed E-state index contributed by atoms with van der Waals surface area (Å²) in [6.07, 6.45) is 2.42. The molecule has 2 amide bonds. The van der Waals surface area contributed by atoms with E-state index in [4.69, 9.17) is 0 Å². The zero-order valence-corrected chi connectivity index (χ0v) is 14.7. The van der Waals surface area contributed by atoms with Crippen molar-refractivity contribution >= 4 is 23.2 Å². The largest absolute Gasteiger partial charge is 0.352 e. The summed E-state index contributed by atoms with van der Waals surface area (Å²) in [7, 11) is 0. The Kier molecular flexibility index (Phi) is 5.30. The molecular formula is C19H22N2O2S. The lowest BCUT2D eigenvalue weighted by Crippen LogP contribution is -2.30. The Bertz CT molecular complexity index is 721. The number of likely N-dealkylation sites (tertiary alicyclic amines) is 1. The van der Waals surface area contributed by atoms with Crippen LogP contribution in [0.15, 0.2) is 36.4 Å². The first kappa shape index (κ1) is 16.7. The summed E-state index contributed by atoms with van der Waals surface area (Å²) < 4.78 is 0. The van der Waals surface area contributed by atoms with Crippen LogP contribution in [0.2, 0.25) is 0 Å². The highest BCUT2D eigenvalue weighted by Crippen LogP contribution is 2.27. The van der Waals surface area contributed by atoms with Gasteiger partial charge in [0, 0.05) is 41.4 Å². The minimum atomic E-state index is -0.0586. The summed E-state index contributed by atoms with van der Waals surface area (Å²) in [6, 6.07) is 11.9. The average Bonchev–Trinajstić information content (AvgIpc) is 3.20.